The second-order valence-corrected chi connectivity index (χ2v) is 5.19. The molecule has 0 aromatic carbocycles. The molecule has 1 atom stereocenters. The average Bonchev–Trinajstić information content (AvgIpc) is 2.19. The van der Waals surface area contributed by atoms with Crippen LogP contribution in [0.2, 0.25) is 0 Å². The molecule has 5 heteroatoms. The van der Waals surface area contributed by atoms with E-state index in [0.717, 1.165) is 12.8 Å². The molecule has 104 valence electrons. The molecule has 0 aliphatic rings. The van der Waals surface area contributed by atoms with Crippen LogP contribution in [0.25, 0.3) is 0 Å². The first kappa shape index (κ1) is 16.7. The first-order chi connectivity index (χ1) is 7.74. The van der Waals surface area contributed by atoms with Crippen LogP contribution in [0.3, 0.4) is 0 Å². The number of alkyl halides is 3. The number of rotatable bonds is 8. The van der Waals surface area contributed by atoms with Crippen molar-refractivity contribution in [3.8, 4) is 0 Å². The highest BCUT2D eigenvalue weighted by molar-refractivity contribution is 4.65. The van der Waals surface area contributed by atoms with E-state index in [2.05, 4.69) is 13.8 Å². The second-order valence-electron chi connectivity index (χ2n) is 5.19. The molecule has 0 aliphatic carbocycles. The van der Waals surface area contributed by atoms with Crippen LogP contribution in [0, 0.1) is 11.8 Å². The van der Waals surface area contributed by atoms with Crippen molar-refractivity contribution in [2.24, 2.45) is 17.6 Å². The fourth-order valence-corrected chi connectivity index (χ4v) is 1.83. The highest BCUT2D eigenvalue weighted by Crippen LogP contribution is 2.20. The molecule has 0 aromatic heterocycles. The standard InChI is InChI=1S/C12H25F3N2/c1-10(2)8-11(9-16)4-6-17(3)7-5-12(13,14)15/h10-11H,4-9,16H2,1-3H3. The first-order valence-electron chi connectivity index (χ1n) is 6.20. The summed E-state index contributed by atoms with van der Waals surface area (Å²) < 4.78 is 36.0. The Morgan fingerprint density at radius 3 is 2.18 bits per heavy atom. The van der Waals surface area contributed by atoms with Gasteiger partial charge in [-0.3, -0.25) is 0 Å². The molecule has 0 aliphatic heterocycles. The molecule has 0 spiro atoms. The molecule has 0 bridgehead atoms. The maximum Gasteiger partial charge on any atom is 0.390 e. The summed E-state index contributed by atoms with van der Waals surface area (Å²) in [5.41, 5.74) is 5.65. The van der Waals surface area contributed by atoms with Gasteiger partial charge in [0.1, 0.15) is 0 Å². The highest BCUT2D eigenvalue weighted by Gasteiger charge is 2.27. The van der Waals surface area contributed by atoms with Crippen LogP contribution in [0.5, 0.6) is 0 Å². The van der Waals surface area contributed by atoms with Gasteiger partial charge in [-0.25, -0.2) is 0 Å². The van der Waals surface area contributed by atoms with Crippen molar-refractivity contribution in [2.75, 3.05) is 26.7 Å². The summed E-state index contributed by atoms with van der Waals surface area (Å²) in [5.74, 6) is 1.01. The quantitative estimate of drug-likeness (QED) is 0.721. The lowest BCUT2D eigenvalue weighted by atomic mass is 9.94. The van der Waals surface area contributed by atoms with E-state index in [9.17, 15) is 13.2 Å². The van der Waals surface area contributed by atoms with Crippen molar-refractivity contribution in [3.05, 3.63) is 0 Å². The highest BCUT2D eigenvalue weighted by atomic mass is 19.4. The Morgan fingerprint density at radius 1 is 1.18 bits per heavy atom. The van der Waals surface area contributed by atoms with Gasteiger partial charge in [0, 0.05) is 6.54 Å². The van der Waals surface area contributed by atoms with Gasteiger partial charge in [0.2, 0.25) is 0 Å². The van der Waals surface area contributed by atoms with Crippen molar-refractivity contribution < 1.29 is 13.2 Å². The van der Waals surface area contributed by atoms with Crippen molar-refractivity contribution in [1.29, 1.82) is 0 Å². The molecule has 0 amide bonds. The fourth-order valence-electron chi connectivity index (χ4n) is 1.83. The van der Waals surface area contributed by atoms with Gasteiger partial charge in [-0.2, -0.15) is 13.2 Å². The lowest BCUT2D eigenvalue weighted by molar-refractivity contribution is -0.137. The van der Waals surface area contributed by atoms with Gasteiger partial charge in [-0.1, -0.05) is 13.8 Å². The second kappa shape index (κ2) is 7.93. The SMILES string of the molecule is CC(C)CC(CN)CCN(C)CCC(F)(F)F. The molecule has 0 radical (unpaired) electrons. The summed E-state index contributed by atoms with van der Waals surface area (Å²) in [7, 11) is 1.73. The molecule has 2 N–H and O–H groups in total. The van der Waals surface area contributed by atoms with Gasteiger partial charge in [-0.15, -0.1) is 0 Å². The maximum atomic E-state index is 12.0. The molecular formula is C12H25F3N2. The van der Waals surface area contributed by atoms with Gasteiger partial charge >= 0.3 is 6.18 Å². The van der Waals surface area contributed by atoms with Gasteiger partial charge in [0.05, 0.1) is 6.42 Å². The molecule has 1 unspecified atom stereocenters. The van der Waals surface area contributed by atoms with E-state index in [1.54, 1.807) is 11.9 Å². The van der Waals surface area contributed by atoms with Crippen LogP contribution in [-0.4, -0.2) is 37.8 Å². The maximum absolute atomic E-state index is 12.0. The third-order valence-electron chi connectivity index (χ3n) is 2.83. The number of hydrogen-bond donors (Lipinski definition) is 1. The zero-order valence-corrected chi connectivity index (χ0v) is 11.1. The summed E-state index contributed by atoms with van der Waals surface area (Å²) in [4.78, 5) is 1.73. The molecule has 17 heavy (non-hydrogen) atoms. The third kappa shape index (κ3) is 10.6. The number of halogens is 3. The van der Waals surface area contributed by atoms with Crippen molar-refractivity contribution in [3.63, 3.8) is 0 Å². The Bertz CT molecular complexity index is 193. The van der Waals surface area contributed by atoms with Crippen molar-refractivity contribution >= 4 is 0 Å². The van der Waals surface area contributed by atoms with Crippen LogP contribution >= 0.6 is 0 Å². The van der Waals surface area contributed by atoms with Crippen molar-refractivity contribution in [1.82, 2.24) is 4.90 Å². The summed E-state index contributed by atoms with van der Waals surface area (Å²) >= 11 is 0. The summed E-state index contributed by atoms with van der Waals surface area (Å²) in [6.07, 6.45) is -2.87. The summed E-state index contributed by atoms with van der Waals surface area (Å²) in [6, 6.07) is 0. The lowest BCUT2D eigenvalue weighted by Crippen LogP contribution is -2.28. The van der Waals surface area contributed by atoms with Crippen LogP contribution < -0.4 is 5.73 Å². The Labute approximate surface area is 102 Å². The summed E-state index contributed by atoms with van der Waals surface area (Å²) in [6.45, 7) is 5.64. The minimum atomic E-state index is -4.06. The predicted molar refractivity (Wildman–Crippen MR) is 64.8 cm³/mol. The zero-order valence-electron chi connectivity index (χ0n) is 11.1. The fraction of sp³-hybridized carbons (Fsp3) is 1.00. The van der Waals surface area contributed by atoms with Gasteiger partial charge in [0.25, 0.3) is 0 Å². The van der Waals surface area contributed by atoms with E-state index in [4.69, 9.17) is 5.73 Å². The largest absolute Gasteiger partial charge is 0.390 e. The molecule has 0 aromatic rings. The van der Waals surface area contributed by atoms with Crippen LogP contribution in [0.4, 0.5) is 13.2 Å². The van der Waals surface area contributed by atoms with Crippen LogP contribution in [-0.2, 0) is 0 Å². The molecule has 0 fully saturated rings. The van der Waals surface area contributed by atoms with E-state index in [1.165, 1.54) is 0 Å². The molecular weight excluding hydrogens is 229 g/mol. The Kier molecular flexibility index (Phi) is 7.79. The number of nitrogens with zero attached hydrogens (tertiary/aromatic N) is 1. The molecule has 0 rings (SSSR count). The molecule has 0 heterocycles. The summed E-state index contributed by atoms with van der Waals surface area (Å²) in [5, 5.41) is 0. The molecule has 0 saturated heterocycles. The Hall–Kier alpha value is -0.290. The lowest BCUT2D eigenvalue weighted by Gasteiger charge is -2.22. The minimum absolute atomic E-state index is 0.0719. The zero-order chi connectivity index (χ0) is 13.5. The van der Waals surface area contributed by atoms with Gasteiger partial charge < -0.3 is 10.6 Å². The van der Waals surface area contributed by atoms with Gasteiger partial charge in [-0.05, 0) is 44.8 Å². The minimum Gasteiger partial charge on any atom is -0.330 e. The van der Waals surface area contributed by atoms with Crippen LogP contribution in [0.1, 0.15) is 33.1 Å². The molecule has 0 saturated carbocycles. The average molecular weight is 254 g/mol. The topological polar surface area (TPSA) is 29.3 Å². The number of hydrogen-bond acceptors (Lipinski definition) is 2. The Morgan fingerprint density at radius 2 is 1.76 bits per heavy atom. The van der Waals surface area contributed by atoms with E-state index >= 15 is 0 Å². The van der Waals surface area contributed by atoms with E-state index in [0.29, 0.717) is 24.9 Å². The first-order valence-corrected chi connectivity index (χ1v) is 6.20. The number of nitrogens with two attached hydrogens (primary N) is 1. The monoisotopic (exact) mass is 254 g/mol. The van der Waals surface area contributed by atoms with Crippen LogP contribution in [0.15, 0.2) is 0 Å². The van der Waals surface area contributed by atoms with Gasteiger partial charge in [0.15, 0.2) is 0 Å². The molecule has 2 nitrogen and oxygen atoms in total. The normalized spacial score (nSPS) is 14.6. The van der Waals surface area contributed by atoms with E-state index < -0.39 is 12.6 Å². The van der Waals surface area contributed by atoms with Crippen molar-refractivity contribution in [2.45, 2.75) is 39.3 Å². The van der Waals surface area contributed by atoms with E-state index in [1.807, 2.05) is 0 Å². The predicted octanol–water partition coefficient (Wildman–Crippen LogP) is 2.88. The van der Waals surface area contributed by atoms with E-state index in [-0.39, 0.29) is 6.54 Å². The Balaban J connectivity index is 3.77. The third-order valence-corrected chi connectivity index (χ3v) is 2.83. The smallest absolute Gasteiger partial charge is 0.330 e.